The summed E-state index contributed by atoms with van der Waals surface area (Å²) in [5.41, 5.74) is -0.127. The molecule has 0 saturated heterocycles. The molecule has 7 heteroatoms. The first-order valence-electron chi connectivity index (χ1n) is 14.4. The number of rotatable bonds is 7. The number of esters is 3. The zero-order valence-electron chi connectivity index (χ0n) is 23.9. The van der Waals surface area contributed by atoms with Crippen LogP contribution in [-0.2, 0) is 33.3 Å². The molecule has 4 aliphatic carbocycles. The molecule has 0 amide bonds. The summed E-state index contributed by atoms with van der Waals surface area (Å²) in [4.78, 5) is 36.6. The van der Waals surface area contributed by atoms with E-state index in [0.29, 0.717) is 36.0 Å². The van der Waals surface area contributed by atoms with Gasteiger partial charge >= 0.3 is 17.9 Å². The second-order valence-corrected chi connectivity index (χ2v) is 13.0. The van der Waals surface area contributed by atoms with Crippen LogP contribution in [0.3, 0.4) is 0 Å². The van der Waals surface area contributed by atoms with Crippen LogP contribution in [0.4, 0.5) is 0 Å². The van der Waals surface area contributed by atoms with Gasteiger partial charge in [-0.05, 0) is 86.4 Å². The second-order valence-electron chi connectivity index (χ2n) is 13.0. The standard InChI is InChI=1S/C30H48O7/c1-17(8-11-27(33)35-7)22-9-10-23-28-24(16-26(30(22,23)5)37-19(3)32)29(4)13-12-21(34-6)14-20(29)15-25(28)36-18(2)31/h17,20-26,28H,8-16H2,1-7H3. The number of ether oxygens (including phenoxy) is 4. The molecule has 11 unspecified atom stereocenters. The smallest absolute Gasteiger partial charge is 0.305 e. The van der Waals surface area contributed by atoms with Gasteiger partial charge in [0.05, 0.1) is 13.2 Å². The Hall–Kier alpha value is -1.63. The molecule has 0 bridgehead atoms. The number of hydrogen-bond acceptors (Lipinski definition) is 7. The van der Waals surface area contributed by atoms with Gasteiger partial charge in [0, 0.05) is 38.7 Å². The molecule has 4 fully saturated rings. The Kier molecular flexibility index (Phi) is 8.33. The van der Waals surface area contributed by atoms with Gasteiger partial charge in [-0.1, -0.05) is 20.8 Å². The molecule has 4 aliphatic rings. The minimum absolute atomic E-state index is 0.102. The summed E-state index contributed by atoms with van der Waals surface area (Å²) in [6, 6.07) is 0. The predicted octanol–water partition coefficient (Wildman–Crippen LogP) is 5.33. The molecule has 0 aromatic rings. The summed E-state index contributed by atoms with van der Waals surface area (Å²) in [5, 5.41) is 0. The minimum atomic E-state index is -0.228. The van der Waals surface area contributed by atoms with Gasteiger partial charge in [-0.25, -0.2) is 0 Å². The third-order valence-corrected chi connectivity index (χ3v) is 11.4. The molecule has 7 nitrogen and oxygen atoms in total. The van der Waals surface area contributed by atoms with Crippen molar-refractivity contribution in [1.82, 2.24) is 0 Å². The van der Waals surface area contributed by atoms with E-state index in [9.17, 15) is 14.4 Å². The third-order valence-electron chi connectivity index (χ3n) is 11.4. The summed E-state index contributed by atoms with van der Waals surface area (Å²) < 4.78 is 23.0. The van der Waals surface area contributed by atoms with Crippen LogP contribution in [-0.4, -0.2) is 50.4 Å². The first-order chi connectivity index (χ1) is 17.4. The fraction of sp³-hybridized carbons (Fsp3) is 0.900. The summed E-state index contributed by atoms with van der Waals surface area (Å²) in [6.07, 6.45) is 7.95. The van der Waals surface area contributed by atoms with Crippen molar-refractivity contribution in [3.63, 3.8) is 0 Å². The Morgan fingerprint density at radius 3 is 2.24 bits per heavy atom. The van der Waals surface area contributed by atoms with Gasteiger partial charge in [0.2, 0.25) is 0 Å². The Morgan fingerprint density at radius 1 is 0.919 bits per heavy atom. The molecule has 0 spiro atoms. The lowest BCUT2D eigenvalue weighted by Gasteiger charge is -2.64. The van der Waals surface area contributed by atoms with Crippen molar-refractivity contribution in [3.05, 3.63) is 0 Å². The maximum absolute atomic E-state index is 12.4. The zero-order chi connectivity index (χ0) is 27.1. The van der Waals surface area contributed by atoms with E-state index in [1.54, 1.807) is 7.11 Å². The fourth-order valence-electron chi connectivity index (χ4n) is 9.64. The van der Waals surface area contributed by atoms with Crippen molar-refractivity contribution in [1.29, 1.82) is 0 Å². The van der Waals surface area contributed by atoms with E-state index in [4.69, 9.17) is 18.9 Å². The Balaban J connectivity index is 1.71. The average molecular weight is 521 g/mol. The van der Waals surface area contributed by atoms with Crippen molar-refractivity contribution in [2.75, 3.05) is 14.2 Å². The van der Waals surface area contributed by atoms with Gasteiger partial charge in [0.15, 0.2) is 0 Å². The molecule has 0 heterocycles. The molecular weight excluding hydrogens is 472 g/mol. The Bertz CT molecular complexity index is 872. The van der Waals surface area contributed by atoms with Crippen molar-refractivity contribution in [2.45, 2.75) is 111 Å². The molecule has 0 N–H and O–H groups in total. The van der Waals surface area contributed by atoms with Crippen LogP contribution >= 0.6 is 0 Å². The van der Waals surface area contributed by atoms with Gasteiger partial charge in [-0.3, -0.25) is 14.4 Å². The lowest BCUT2D eigenvalue weighted by atomic mass is 9.43. The molecule has 0 aromatic carbocycles. The van der Waals surface area contributed by atoms with E-state index < -0.39 is 0 Å². The van der Waals surface area contributed by atoms with Crippen LogP contribution in [0.1, 0.15) is 92.4 Å². The quantitative estimate of drug-likeness (QED) is 0.331. The molecule has 4 saturated carbocycles. The fourth-order valence-corrected chi connectivity index (χ4v) is 9.64. The molecule has 0 aliphatic heterocycles. The Morgan fingerprint density at radius 2 is 1.62 bits per heavy atom. The highest BCUT2D eigenvalue weighted by Crippen LogP contribution is 2.69. The van der Waals surface area contributed by atoms with Crippen LogP contribution in [0.15, 0.2) is 0 Å². The van der Waals surface area contributed by atoms with Crippen molar-refractivity contribution < 1.29 is 33.3 Å². The second kappa shape index (κ2) is 10.9. The monoisotopic (exact) mass is 520 g/mol. The summed E-state index contributed by atoms with van der Waals surface area (Å²) in [5.74, 6) is 1.27. The highest BCUT2D eigenvalue weighted by atomic mass is 16.5. The number of methoxy groups -OCH3 is 2. The van der Waals surface area contributed by atoms with E-state index in [-0.39, 0.29) is 53.0 Å². The number of hydrogen-bond donors (Lipinski definition) is 0. The SMILES string of the molecule is COC(=O)CCC(C)C1CCC2C3C(OC(C)=O)CC4CC(OC)CCC4(C)C3CC(OC(C)=O)C12C. The Labute approximate surface area is 222 Å². The van der Waals surface area contributed by atoms with Gasteiger partial charge < -0.3 is 18.9 Å². The highest BCUT2D eigenvalue weighted by Gasteiger charge is 2.67. The zero-order valence-corrected chi connectivity index (χ0v) is 23.9. The number of fused-ring (bicyclic) bond motifs is 5. The predicted molar refractivity (Wildman–Crippen MR) is 138 cm³/mol. The molecular formula is C30H48O7. The normalized spacial score (nSPS) is 43.5. The lowest BCUT2D eigenvalue weighted by molar-refractivity contribution is -0.224. The van der Waals surface area contributed by atoms with E-state index in [2.05, 4.69) is 20.8 Å². The highest BCUT2D eigenvalue weighted by molar-refractivity contribution is 5.69. The van der Waals surface area contributed by atoms with E-state index in [1.807, 2.05) is 0 Å². The average Bonchev–Trinajstić information content (AvgIpc) is 3.20. The van der Waals surface area contributed by atoms with E-state index in [0.717, 1.165) is 51.4 Å². The molecule has 210 valence electrons. The molecule has 4 rings (SSSR count). The molecule has 0 radical (unpaired) electrons. The summed E-state index contributed by atoms with van der Waals surface area (Å²) >= 11 is 0. The largest absolute Gasteiger partial charge is 0.469 e. The first-order valence-corrected chi connectivity index (χ1v) is 14.4. The van der Waals surface area contributed by atoms with Gasteiger partial charge in [0.1, 0.15) is 12.2 Å². The van der Waals surface area contributed by atoms with Crippen molar-refractivity contribution >= 4 is 17.9 Å². The molecule has 0 aromatic heterocycles. The van der Waals surface area contributed by atoms with Crippen molar-refractivity contribution in [2.24, 2.45) is 46.3 Å². The maximum atomic E-state index is 12.4. The van der Waals surface area contributed by atoms with Crippen LogP contribution in [0.2, 0.25) is 0 Å². The van der Waals surface area contributed by atoms with Crippen LogP contribution in [0.25, 0.3) is 0 Å². The number of carbonyl (C=O) groups is 3. The first kappa shape index (κ1) is 28.4. The lowest BCUT2D eigenvalue weighted by Crippen LogP contribution is -2.63. The van der Waals surface area contributed by atoms with Crippen LogP contribution in [0, 0.1) is 46.3 Å². The molecule has 37 heavy (non-hydrogen) atoms. The van der Waals surface area contributed by atoms with E-state index >= 15 is 0 Å². The third kappa shape index (κ3) is 5.06. The van der Waals surface area contributed by atoms with Crippen LogP contribution < -0.4 is 0 Å². The summed E-state index contributed by atoms with van der Waals surface area (Å²) in [7, 11) is 3.23. The maximum Gasteiger partial charge on any atom is 0.305 e. The topological polar surface area (TPSA) is 88.1 Å². The van der Waals surface area contributed by atoms with Crippen LogP contribution in [0.5, 0.6) is 0 Å². The van der Waals surface area contributed by atoms with Gasteiger partial charge in [-0.15, -0.1) is 0 Å². The van der Waals surface area contributed by atoms with E-state index in [1.165, 1.54) is 21.0 Å². The van der Waals surface area contributed by atoms with Crippen molar-refractivity contribution in [3.8, 4) is 0 Å². The summed E-state index contributed by atoms with van der Waals surface area (Å²) in [6.45, 7) is 10.0. The molecule has 11 atom stereocenters. The number of carbonyl (C=O) groups excluding carboxylic acids is 3. The minimum Gasteiger partial charge on any atom is -0.469 e. The van der Waals surface area contributed by atoms with Gasteiger partial charge in [-0.2, -0.15) is 0 Å². The van der Waals surface area contributed by atoms with Gasteiger partial charge in [0.25, 0.3) is 0 Å².